The van der Waals surface area contributed by atoms with Crippen molar-refractivity contribution in [3.05, 3.63) is 100 Å². The Morgan fingerprint density at radius 1 is 0.875 bits per heavy atom. The van der Waals surface area contributed by atoms with Crippen molar-refractivity contribution in [3.63, 3.8) is 0 Å². The average molecular weight is 553 g/mol. The molecule has 0 aliphatic heterocycles. The zero-order chi connectivity index (χ0) is 28.3. The standard InChI is InChI=1S/C34H39N3O2S/c1-34(2)19-17-27(18-20-34)26-9-5-24(6-10-26)21-36(3)30-15-13-28(14-16-30)31-23-40-33(35-31)37(4)22-25-7-11-29(12-8-25)32(38)39/h5-16,23,27H,17-22H2,1-4H3,(H,38,39)/p-1. The molecule has 0 atom stereocenters. The maximum absolute atomic E-state index is 11.0. The number of rotatable bonds is 9. The van der Waals surface area contributed by atoms with E-state index >= 15 is 0 Å². The number of aromatic carboxylic acids is 1. The molecule has 0 saturated heterocycles. The molecule has 6 heteroatoms. The molecule has 1 heterocycles. The molecule has 1 aromatic heterocycles. The van der Waals surface area contributed by atoms with Crippen molar-refractivity contribution in [2.75, 3.05) is 23.9 Å². The van der Waals surface area contributed by atoms with Crippen molar-refractivity contribution in [1.29, 1.82) is 0 Å². The highest BCUT2D eigenvalue weighted by molar-refractivity contribution is 7.14. The molecule has 1 aliphatic carbocycles. The van der Waals surface area contributed by atoms with Crippen LogP contribution in [0.2, 0.25) is 0 Å². The number of carbonyl (C=O) groups excluding carboxylic acids is 1. The number of nitrogens with zero attached hydrogens (tertiary/aromatic N) is 3. The number of benzene rings is 3. The van der Waals surface area contributed by atoms with Crippen LogP contribution in [0, 0.1) is 5.41 Å². The van der Waals surface area contributed by atoms with Crippen molar-refractivity contribution in [1.82, 2.24) is 4.98 Å². The summed E-state index contributed by atoms with van der Waals surface area (Å²) in [4.78, 5) is 20.2. The van der Waals surface area contributed by atoms with Gasteiger partial charge in [0.25, 0.3) is 0 Å². The van der Waals surface area contributed by atoms with Crippen LogP contribution >= 0.6 is 11.3 Å². The van der Waals surface area contributed by atoms with Gasteiger partial charge >= 0.3 is 0 Å². The van der Waals surface area contributed by atoms with Gasteiger partial charge in [-0.2, -0.15) is 0 Å². The molecule has 0 N–H and O–H groups in total. The first-order valence-corrected chi connectivity index (χ1v) is 14.9. The Morgan fingerprint density at radius 2 is 1.45 bits per heavy atom. The quantitative estimate of drug-likeness (QED) is 0.221. The predicted octanol–water partition coefficient (Wildman–Crippen LogP) is 7.13. The lowest BCUT2D eigenvalue weighted by Crippen LogP contribution is -2.22. The third-order valence-corrected chi connectivity index (χ3v) is 9.20. The number of anilines is 2. The smallest absolute Gasteiger partial charge is 0.185 e. The van der Waals surface area contributed by atoms with Gasteiger partial charge in [-0.15, -0.1) is 11.3 Å². The fourth-order valence-corrected chi connectivity index (χ4v) is 6.34. The number of carboxylic acid groups (broad SMARTS) is 1. The number of carboxylic acids is 1. The van der Waals surface area contributed by atoms with Crippen LogP contribution in [0.15, 0.2) is 78.2 Å². The van der Waals surface area contributed by atoms with Crippen molar-refractivity contribution >= 4 is 28.1 Å². The van der Waals surface area contributed by atoms with Gasteiger partial charge in [0, 0.05) is 43.8 Å². The van der Waals surface area contributed by atoms with E-state index in [1.165, 1.54) is 42.5 Å². The summed E-state index contributed by atoms with van der Waals surface area (Å²) >= 11 is 1.60. The average Bonchev–Trinajstić information content (AvgIpc) is 3.45. The maximum atomic E-state index is 11.0. The molecule has 1 fully saturated rings. The van der Waals surface area contributed by atoms with Gasteiger partial charge < -0.3 is 19.7 Å². The second-order valence-corrected chi connectivity index (χ2v) is 12.8. The van der Waals surface area contributed by atoms with Crippen molar-refractivity contribution in [2.24, 2.45) is 5.41 Å². The lowest BCUT2D eigenvalue weighted by molar-refractivity contribution is -0.255. The molecule has 0 spiro atoms. The number of thiazole rings is 1. The molecule has 4 aromatic rings. The van der Waals surface area contributed by atoms with Crippen LogP contribution in [-0.4, -0.2) is 25.0 Å². The van der Waals surface area contributed by atoms with E-state index in [-0.39, 0.29) is 5.56 Å². The van der Waals surface area contributed by atoms with E-state index in [2.05, 4.69) is 84.6 Å². The molecule has 0 radical (unpaired) electrons. The van der Waals surface area contributed by atoms with Gasteiger partial charge in [-0.25, -0.2) is 4.98 Å². The molecule has 208 valence electrons. The van der Waals surface area contributed by atoms with Gasteiger partial charge in [-0.05, 0) is 71.4 Å². The molecule has 0 amide bonds. The van der Waals surface area contributed by atoms with Gasteiger partial charge in [0.05, 0.1) is 11.7 Å². The van der Waals surface area contributed by atoms with Gasteiger partial charge in [0.1, 0.15) is 0 Å². The van der Waals surface area contributed by atoms with Crippen molar-refractivity contribution in [2.45, 2.75) is 58.5 Å². The monoisotopic (exact) mass is 552 g/mol. The molecule has 3 aromatic carbocycles. The summed E-state index contributed by atoms with van der Waals surface area (Å²) in [6.45, 7) is 6.31. The fourth-order valence-electron chi connectivity index (χ4n) is 5.54. The Balaban J connectivity index is 1.17. The SMILES string of the molecule is CN(Cc1ccc(C2CCC(C)(C)CC2)cc1)c1ccc(-c2csc(N(C)Cc3ccc(C(=O)[O-])cc3)n2)cc1. The highest BCUT2D eigenvalue weighted by atomic mass is 32.1. The summed E-state index contributed by atoms with van der Waals surface area (Å²) in [5.74, 6) is -0.448. The third-order valence-electron chi connectivity index (χ3n) is 8.24. The van der Waals surface area contributed by atoms with Gasteiger partial charge in [0.2, 0.25) is 0 Å². The molecule has 1 saturated carbocycles. The van der Waals surface area contributed by atoms with E-state index in [9.17, 15) is 9.90 Å². The van der Waals surface area contributed by atoms with Crippen LogP contribution in [0.4, 0.5) is 10.8 Å². The van der Waals surface area contributed by atoms with E-state index < -0.39 is 5.97 Å². The highest BCUT2D eigenvalue weighted by Gasteiger charge is 2.27. The summed E-state index contributed by atoms with van der Waals surface area (Å²) in [6, 6.07) is 24.7. The number of aromatic nitrogens is 1. The summed E-state index contributed by atoms with van der Waals surface area (Å²) < 4.78 is 0. The van der Waals surface area contributed by atoms with Crippen LogP contribution in [-0.2, 0) is 13.1 Å². The molecule has 0 bridgehead atoms. The van der Waals surface area contributed by atoms with E-state index in [4.69, 9.17) is 4.98 Å². The highest BCUT2D eigenvalue weighted by Crippen LogP contribution is 2.42. The second kappa shape index (κ2) is 11.8. The molecule has 40 heavy (non-hydrogen) atoms. The Kier molecular flexibility index (Phi) is 8.27. The minimum atomic E-state index is -1.16. The van der Waals surface area contributed by atoms with Crippen LogP contribution in [0.1, 0.15) is 72.5 Å². The topological polar surface area (TPSA) is 59.5 Å². The fraction of sp³-hybridized carbons (Fsp3) is 0.353. The molecule has 0 unspecified atom stereocenters. The Labute approximate surface area is 242 Å². The van der Waals surface area contributed by atoms with E-state index in [0.717, 1.165) is 28.5 Å². The van der Waals surface area contributed by atoms with Crippen LogP contribution < -0.4 is 14.9 Å². The Bertz CT molecular complexity index is 1420. The third kappa shape index (κ3) is 6.73. The minimum Gasteiger partial charge on any atom is -0.545 e. The van der Waals surface area contributed by atoms with E-state index in [0.29, 0.717) is 17.9 Å². The Hall–Kier alpha value is -3.64. The predicted molar refractivity (Wildman–Crippen MR) is 164 cm³/mol. The first-order valence-electron chi connectivity index (χ1n) is 14.0. The summed E-state index contributed by atoms with van der Waals surface area (Å²) in [7, 11) is 4.14. The van der Waals surface area contributed by atoms with E-state index in [1.54, 1.807) is 23.5 Å². The molecule has 1 aliphatic rings. The Morgan fingerprint density at radius 3 is 2.05 bits per heavy atom. The van der Waals surface area contributed by atoms with Crippen molar-refractivity contribution in [3.8, 4) is 11.3 Å². The number of hydrogen-bond acceptors (Lipinski definition) is 6. The molecular weight excluding hydrogens is 514 g/mol. The first kappa shape index (κ1) is 27.9. The first-order chi connectivity index (χ1) is 19.2. The summed E-state index contributed by atoms with van der Waals surface area (Å²) in [6.07, 6.45) is 5.24. The molecular formula is C34H38N3O2S-. The molecule has 5 rings (SSSR count). The maximum Gasteiger partial charge on any atom is 0.185 e. The van der Waals surface area contributed by atoms with E-state index in [1.807, 2.05) is 19.2 Å². The largest absolute Gasteiger partial charge is 0.545 e. The minimum absolute atomic E-state index is 0.189. The van der Waals surface area contributed by atoms with Crippen molar-refractivity contribution < 1.29 is 9.90 Å². The van der Waals surface area contributed by atoms with Crippen LogP contribution in [0.5, 0.6) is 0 Å². The zero-order valence-electron chi connectivity index (χ0n) is 23.9. The lowest BCUT2D eigenvalue weighted by Gasteiger charge is -2.34. The van der Waals surface area contributed by atoms with Gasteiger partial charge in [0.15, 0.2) is 5.13 Å². The number of carbonyl (C=O) groups is 1. The lowest BCUT2D eigenvalue weighted by atomic mass is 9.71. The molecule has 5 nitrogen and oxygen atoms in total. The van der Waals surface area contributed by atoms with Gasteiger partial charge in [-0.3, -0.25) is 0 Å². The van der Waals surface area contributed by atoms with Crippen LogP contribution in [0.3, 0.4) is 0 Å². The summed E-state index contributed by atoms with van der Waals surface area (Å²) in [5.41, 5.74) is 7.75. The van der Waals surface area contributed by atoms with Gasteiger partial charge in [-0.1, -0.05) is 74.5 Å². The summed E-state index contributed by atoms with van der Waals surface area (Å²) in [5, 5.41) is 14.0. The zero-order valence-corrected chi connectivity index (χ0v) is 24.7. The normalized spacial score (nSPS) is 15.1. The van der Waals surface area contributed by atoms with Crippen LogP contribution in [0.25, 0.3) is 11.3 Å². The second-order valence-electron chi connectivity index (χ2n) is 11.9. The number of hydrogen-bond donors (Lipinski definition) is 0.